The topological polar surface area (TPSA) is 37.4 Å². The van der Waals surface area contributed by atoms with Gasteiger partial charge in [-0.05, 0) is 6.08 Å². The number of aldehydes is 1. The summed E-state index contributed by atoms with van der Waals surface area (Å²) in [7, 11) is 0. The van der Waals surface area contributed by atoms with Crippen LogP contribution in [0.15, 0.2) is 11.0 Å². The summed E-state index contributed by atoms with van der Waals surface area (Å²) in [6.07, 6.45) is 2.95. The van der Waals surface area contributed by atoms with E-state index >= 15 is 0 Å². The number of hydrogen-bond donors (Lipinski definition) is 0. The molecule has 0 saturated carbocycles. The molecule has 1 atom stereocenters. The van der Waals surface area contributed by atoms with Gasteiger partial charge in [-0.1, -0.05) is 0 Å². The number of nitrogens with zero attached hydrogens (tertiary/aromatic N) is 1. The number of hydrogen-bond acceptors (Lipinski definition) is 3. The van der Waals surface area contributed by atoms with E-state index in [1.165, 1.54) is 6.08 Å². The van der Waals surface area contributed by atoms with E-state index in [0.29, 0.717) is 18.3 Å². The van der Waals surface area contributed by atoms with Crippen molar-refractivity contribution in [3.63, 3.8) is 0 Å². The van der Waals surface area contributed by atoms with Crippen molar-refractivity contribution in [1.29, 1.82) is 0 Å². The maximum atomic E-state index is 10.9. The van der Waals surface area contributed by atoms with Crippen LogP contribution in [0.2, 0.25) is 0 Å². The quantitative estimate of drug-likeness (QED) is 0.323. The van der Waals surface area contributed by atoms with Crippen molar-refractivity contribution in [1.82, 2.24) is 4.90 Å². The molecule has 0 bridgehead atoms. The lowest BCUT2D eigenvalue weighted by Crippen LogP contribution is -2.46. The third-order valence-corrected chi connectivity index (χ3v) is 3.15. The van der Waals surface area contributed by atoms with Gasteiger partial charge in [0.1, 0.15) is 6.29 Å². The van der Waals surface area contributed by atoms with Gasteiger partial charge in [-0.3, -0.25) is 9.59 Å². The number of allylic oxidation sites excluding steroid dienone is 1. The predicted octanol–water partition coefficient (Wildman–Crippen LogP) is 0.374. The van der Waals surface area contributed by atoms with Crippen molar-refractivity contribution < 1.29 is 9.59 Å². The van der Waals surface area contributed by atoms with Crippen molar-refractivity contribution in [2.45, 2.75) is 11.8 Å². The Kier molecular flexibility index (Phi) is 1.49. The van der Waals surface area contributed by atoms with Gasteiger partial charge < -0.3 is 4.90 Å². The highest BCUT2D eigenvalue weighted by molar-refractivity contribution is 8.04. The van der Waals surface area contributed by atoms with Gasteiger partial charge in [0.25, 0.3) is 0 Å². The van der Waals surface area contributed by atoms with Crippen LogP contribution in [0.5, 0.6) is 0 Å². The van der Waals surface area contributed by atoms with Gasteiger partial charge in [0.05, 0.1) is 18.3 Å². The molecular formula is C7H7NO2S. The van der Waals surface area contributed by atoms with Crippen LogP contribution in [-0.2, 0) is 9.59 Å². The molecule has 3 nitrogen and oxygen atoms in total. The van der Waals surface area contributed by atoms with Gasteiger partial charge in [0.2, 0.25) is 5.91 Å². The molecule has 0 spiro atoms. The molecule has 0 aromatic heterocycles. The highest BCUT2D eigenvalue weighted by atomic mass is 32.2. The number of carbonyl (C=O) groups excluding carboxylic acids is 2. The fourth-order valence-electron chi connectivity index (χ4n) is 1.27. The third-order valence-electron chi connectivity index (χ3n) is 1.88. The van der Waals surface area contributed by atoms with Gasteiger partial charge in [-0.15, -0.1) is 11.8 Å². The highest BCUT2D eigenvalue weighted by Gasteiger charge is 2.42. The number of thioether (sulfide) groups is 1. The molecular weight excluding hydrogens is 162 g/mol. The number of fused-ring (bicyclic) bond motifs is 1. The summed E-state index contributed by atoms with van der Waals surface area (Å²) in [6, 6.07) is 0. The van der Waals surface area contributed by atoms with Gasteiger partial charge in [0, 0.05) is 4.91 Å². The first-order chi connectivity index (χ1) is 5.31. The number of β-lactam (4-membered cyclic amide) rings is 1. The zero-order valence-electron chi connectivity index (χ0n) is 5.82. The maximum absolute atomic E-state index is 10.9. The van der Waals surface area contributed by atoms with E-state index in [0.717, 1.165) is 11.2 Å². The zero-order valence-corrected chi connectivity index (χ0v) is 6.63. The average Bonchev–Trinajstić information content (AvgIpc) is 2.29. The van der Waals surface area contributed by atoms with Gasteiger partial charge in [0.15, 0.2) is 0 Å². The van der Waals surface area contributed by atoms with Crippen LogP contribution in [-0.4, -0.2) is 29.0 Å². The van der Waals surface area contributed by atoms with E-state index < -0.39 is 0 Å². The van der Waals surface area contributed by atoms with E-state index in [1.54, 1.807) is 16.7 Å². The van der Waals surface area contributed by atoms with Crippen molar-refractivity contribution in [2.24, 2.45) is 0 Å². The van der Waals surface area contributed by atoms with Crippen molar-refractivity contribution in [3.8, 4) is 0 Å². The maximum Gasteiger partial charge on any atom is 0.226 e. The molecule has 2 fully saturated rings. The fraction of sp³-hybridized carbons (Fsp3) is 0.429. The van der Waals surface area contributed by atoms with Crippen LogP contribution in [0, 0.1) is 0 Å². The van der Waals surface area contributed by atoms with E-state index in [2.05, 4.69) is 0 Å². The summed E-state index contributed by atoms with van der Waals surface area (Å²) in [4.78, 5) is 23.7. The SMILES string of the molecule is O=C/C=C1/CN2C(=O)CC2S1. The summed E-state index contributed by atoms with van der Waals surface area (Å²) in [5.74, 6) is 0.205. The number of amides is 1. The summed E-state index contributed by atoms with van der Waals surface area (Å²) in [5.41, 5.74) is 0. The van der Waals surface area contributed by atoms with Crippen molar-refractivity contribution in [2.75, 3.05) is 6.54 Å². The molecule has 0 aromatic carbocycles. The molecule has 58 valence electrons. The largest absolute Gasteiger partial charge is 0.325 e. The first kappa shape index (κ1) is 6.91. The van der Waals surface area contributed by atoms with E-state index in [1.807, 2.05) is 0 Å². The van der Waals surface area contributed by atoms with E-state index in [4.69, 9.17) is 0 Å². The summed E-state index contributed by atoms with van der Waals surface area (Å²) < 4.78 is 0. The Morgan fingerprint density at radius 2 is 2.45 bits per heavy atom. The molecule has 0 aliphatic carbocycles. The summed E-state index contributed by atoms with van der Waals surface area (Å²) in [6.45, 7) is 0.646. The second-order valence-electron chi connectivity index (χ2n) is 2.57. The van der Waals surface area contributed by atoms with Crippen LogP contribution in [0.25, 0.3) is 0 Å². The van der Waals surface area contributed by atoms with Crippen LogP contribution in [0.4, 0.5) is 0 Å². The first-order valence-electron chi connectivity index (χ1n) is 3.42. The Bertz CT molecular complexity index is 249. The Labute approximate surface area is 68.4 Å². The van der Waals surface area contributed by atoms with Crippen LogP contribution < -0.4 is 0 Å². The minimum atomic E-state index is 0.205. The van der Waals surface area contributed by atoms with Crippen LogP contribution >= 0.6 is 11.8 Å². The predicted molar refractivity (Wildman–Crippen MR) is 41.9 cm³/mol. The molecule has 2 heterocycles. The highest BCUT2D eigenvalue weighted by Crippen LogP contribution is 2.41. The van der Waals surface area contributed by atoms with Gasteiger partial charge in [-0.25, -0.2) is 0 Å². The standard InChI is InChI=1S/C7H7NO2S/c9-2-1-5-4-8-6(10)3-7(8)11-5/h1-2,7H,3-4H2/b5-1-. The Morgan fingerprint density at radius 1 is 1.64 bits per heavy atom. The second-order valence-corrected chi connectivity index (χ2v) is 3.87. The summed E-state index contributed by atoms with van der Waals surface area (Å²) in [5, 5.41) is 0.327. The molecule has 2 aliphatic rings. The molecule has 1 unspecified atom stereocenters. The zero-order chi connectivity index (χ0) is 7.84. The average molecular weight is 169 g/mol. The smallest absolute Gasteiger partial charge is 0.226 e. The molecule has 2 saturated heterocycles. The van der Waals surface area contributed by atoms with E-state index in [9.17, 15) is 9.59 Å². The minimum absolute atomic E-state index is 0.205. The molecule has 0 aromatic rings. The first-order valence-corrected chi connectivity index (χ1v) is 4.29. The lowest BCUT2D eigenvalue weighted by atomic mass is 10.2. The lowest BCUT2D eigenvalue weighted by Gasteiger charge is -2.32. The molecule has 1 amide bonds. The number of rotatable bonds is 1. The Hall–Kier alpha value is -0.770. The van der Waals surface area contributed by atoms with Gasteiger partial charge >= 0.3 is 0 Å². The molecule has 2 rings (SSSR count). The van der Waals surface area contributed by atoms with Gasteiger partial charge in [-0.2, -0.15) is 0 Å². The third kappa shape index (κ3) is 0.976. The monoisotopic (exact) mass is 169 g/mol. The minimum Gasteiger partial charge on any atom is -0.325 e. The molecule has 4 heteroatoms. The van der Waals surface area contributed by atoms with Crippen molar-refractivity contribution >= 4 is 24.0 Å². The molecule has 0 N–H and O–H groups in total. The van der Waals surface area contributed by atoms with Crippen molar-refractivity contribution in [3.05, 3.63) is 11.0 Å². The van der Waals surface area contributed by atoms with Crippen LogP contribution in [0.3, 0.4) is 0 Å². The van der Waals surface area contributed by atoms with E-state index in [-0.39, 0.29) is 5.91 Å². The second kappa shape index (κ2) is 2.37. The molecule has 2 aliphatic heterocycles. The molecule has 0 radical (unpaired) electrons. The number of carbonyl (C=O) groups is 2. The fourth-order valence-corrected chi connectivity index (χ4v) is 2.51. The summed E-state index contributed by atoms with van der Waals surface area (Å²) >= 11 is 1.62. The molecule has 11 heavy (non-hydrogen) atoms. The normalized spacial score (nSPS) is 32.0. The lowest BCUT2D eigenvalue weighted by molar-refractivity contribution is -0.140. The van der Waals surface area contributed by atoms with Crippen LogP contribution in [0.1, 0.15) is 6.42 Å². The Morgan fingerprint density at radius 3 is 3.00 bits per heavy atom. The Balaban J connectivity index is 2.09.